The van der Waals surface area contributed by atoms with E-state index >= 15 is 0 Å². The summed E-state index contributed by atoms with van der Waals surface area (Å²) < 4.78 is 10.3. The van der Waals surface area contributed by atoms with Crippen molar-refractivity contribution in [3.8, 4) is 11.5 Å². The topological polar surface area (TPSA) is 61.5 Å². The lowest BCUT2D eigenvalue weighted by Crippen LogP contribution is -2.04. The highest BCUT2D eigenvalue weighted by molar-refractivity contribution is 6.09. The van der Waals surface area contributed by atoms with Crippen LogP contribution in [0, 0.1) is 6.92 Å². The van der Waals surface area contributed by atoms with Crippen LogP contribution in [-0.4, -0.2) is 20.0 Å². The first-order valence-electron chi connectivity index (χ1n) is 6.19. The van der Waals surface area contributed by atoms with Crippen molar-refractivity contribution in [2.75, 3.05) is 20.0 Å². The molecule has 0 radical (unpaired) electrons. The van der Waals surface area contributed by atoms with Crippen molar-refractivity contribution in [3.05, 3.63) is 53.1 Å². The van der Waals surface area contributed by atoms with Gasteiger partial charge in [-0.3, -0.25) is 4.79 Å². The monoisotopic (exact) mass is 271 g/mol. The maximum absolute atomic E-state index is 12.4. The average molecular weight is 271 g/mol. The van der Waals surface area contributed by atoms with Gasteiger partial charge in [-0.25, -0.2) is 0 Å². The molecule has 0 bridgehead atoms. The number of benzene rings is 2. The Morgan fingerprint density at radius 3 is 2.00 bits per heavy atom. The van der Waals surface area contributed by atoms with Gasteiger partial charge >= 0.3 is 0 Å². The summed E-state index contributed by atoms with van der Waals surface area (Å²) in [6, 6.07) is 10.4. The number of rotatable bonds is 4. The first-order chi connectivity index (χ1) is 9.56. The number of hydrogen-bond donors (Lipinski definition) is 1. The number of aryl methyl sites for hydroxylation is 1. The van der Waals surface area contributed by atoms with Gasteiger partial charge < -0.3 is 15.2 Å². The van der Waals surface area contributed by atoms with E-state index in [4.69, 9.17) is 15.2 Å². The number of ketones is 1. The predicted molar refractivity (Wildman–Crippen MR) is 78.6 cm³/mol. The highest BCUT2D eigenvalue weighted by Crippen LogP contribution is 2.25. The van der Waals surface area contributed by atoms with Crippen LogP contribution in [-0.2, 0) is 0 Å². The van der Waals surface area contributed by atoms with E-state index in [1.165, 1.54) is 0 Å². The Labute approximate surface area is 118 Å². The van der Waals surface area contributed by atoms with Gasteiger partial charge in [-0.1, -0.05) is 0 Å². The van der Waals surface area contributed by atoms with Crippen LogP contribution < -0.4 is 15.2 Å². The van der Waals surface area contributed by atoms with Crippen molar-refractivity contribution < 1.29 is 14.3 Å². The second-order valence-electron chi connectivity index (χ2n) is 4.47. The van der Waals surface area contributed by atoms with Gasteiger partial charge in [0.15, 0.2) is 5.78 Å². The standard InChI is InChI=1S/C16H17NO3/c1-10-8-11(4-6-14(10)19-2)16(18)12-5-7-15(20-3)13(17)9-12/h4-9H,17H2,1-3H3. The molecule has 0 atom stereocenters. The summed E-state index contributed by atoms with van der Waals surface area (Å²) in [5.74, 6) is 1.24. The lowest BCUT2D eigenvalue weighted by Gasteiger charge is -2.09. The molecule has 0 saturated heterocycles. The highest BCUT2D eigenvalue weighted by atomic mass is 16.5. The molecule has 2 rings (SSSR count). The van der Waals surface area contributed by atoms with Crippen molar-refractivity contribution in [1.82, 2.24) is 0 Å². The van der Waals surface area contributed by atoms with E-state index in [1.807, 2.05) is 13.0 Å². The Kier molecular flexibility index (Phi) is 3.94. The fraction of sp³-hybridized carbons (Fsp3) is 0.188. The van der Waals surface area contributed by atoms with E-state index in [9.17, 15) is 4.79 Å². The Bertz CT molecular complexity index is 595. The first kappa shape index (κ1) is 13.9. The molecule has 0 aromatic heterocycles. The smallest absolute Gasteiger partial charge is 0.193 e. The largest absolute Gasteiger partial charge is 0.496 e. The predicted octanol–water partition coefficient (Wildman–Crippen LogP) is 2.83. The maximum atomic E-state index is 12.4. The lowest BCUT2D eigenvalue weighted by atomic mass is 10.0. The molecule has 0 saturated carbocycles. The second kappa shape index (κ2) is 5.65. The second-order valence-corrected chi connectivity index (χ2v) is 4.47. The van der Waals surface area contributed by atoms with E-state index in [0.717, 1.165) is 11.3 Å². The number of carbonyl (C=O) groups excluding carboxylic acids is 1. The summed E-state index contributed by atoms with van der Waals surface area (Å²) in [7, 11) is 3.15. The van der Waals surface area contributed by atoms with Crippen molar-refractivity contribution in [2.24, 2.45) is 0 Å². The summed E-state index contributed by atoms with van der Waals surface area (Å²) in [4.78, 5) is 12.4. The minimum absolute atomic E-state index is 0.0786. The molecular weight excluding hydrogens is 254 g/mol. The van der Waals surface area contributed by atoms with Crippen LogP contribution in [0.4, 0.5) is 5.69 Å². The van der Waals surface area contributed by atoms with Crippen LogP contribution in [0.3, 0.4) is 0 Å². The molecule has 104 valence electrons. The van der Waals surface area contributed by atoms with Crippen LogP contribution in [0.1, 0.15) is 21.5 Å². The molecule has 0 spiro atoms. The van der Waals surface area contributed by atoms with Crippen LogP contribution >= 0.6 is 0 Å². The number of nitrogens with two attached hydrogens (primary N) is 1. The van der Waals surface area contributed by atoms with Crippen molar-refractivity contribution >= 4 is 11.5 Å². The van der Waals surface area contributed by atoms with Crippen LogP contribution in [0.25, 0.3) is 0 Å². The molecule has 0 aliphatic rings. The summed E-state index contributed by atoms with van der Waals surface area (Å²) >= 11 is 0. The van der Waals surface area contributed by atoms with Gasteiger partial charge in [-0.2, -0.15) is 0 Å². The SMILES string of the molecule is COc1ccc(C(=O)c2ccc(OC)c(N)c2)cc1C. The van der Waals surface area contributed by atoms with Gasteiger partial charge in [0, 0.05) is 11.1 Å². The third-order valence-electron chi connectivity index (χ3n) is 3.15. The Balaban J connectivity index is 2.36. The zero-order chi connectivity index (χ0) is 14.7. The van der Waals surface area contributed by atoms with E-state index < -0.39 is 0 Å². The van der Waals surface area contributed by atoms with Crippen LogP contribution in [0.5, 0.6) is 11.5 Å². The van der Waals surface area contributed by atoms with Gasteiger partial charge in [0.25, 0.3) is 0 Å². The number of hydrogen-bond acceptors (Lipinski definition) is 4. The van der Waals surface area contributed by atoms with Gasteiger partial charge in [0.2, 0.25) is 0 Å². The fourth-order valence-corrected chi connectivity index (χ4v) is 2.06. The average Bonchev–Trinajstić information content (AvgIpc) is 2.46. The third-order valence-corrected chi connectivity index (χ3v) is 3.15. The summed E-state index contributed by atoms with van der Waals surface area (Å²) in [6.07, 6.45) is 0. The van der Waals surface area contributed by atoms with Crippen molar-refractivity contribution in [2.45, 2.75) is 6.92 Å². The Morgan fingerprint density at radius 1 is 0.950 bits per heavy atom. The quantitative estimate of drug-likeness (QED) is 0.686. The molecule has 0 unspecified atom stereocenters. The number of anilines is 1. The molecular formula is C16H17NO3. The molecule has 2 N–H and O–H groups in total. The molecule has 0 aliphatic heterocycles. The zero-order valence-corrected chi connectivity index (χ0v) is 11.8. The number of ether oxygens (including phenoxy) is 2. The zero-order valence-electron chi connectivity index (χ0n) is 11.8. The molecule has 20 heavy (non-hydrogen) atoms. The molecule has 2 aromatic rings. The number of carbonyl (C=O) groups is 1. The van der Waals surface area contributed by atoms with Crippen LogP contribution in [0.2, 0.25) is 0 Å². The van der Waals surface area contributed by atoms with Crippen molar-refractivity contribution in [3.63, 3.8) is 0 Å². The molecule has 2 aromatic carbocycles. The normalized spacial score (nSPS) is 10.2. The highest BCUT2D eigenvalue weighted by Gasteiger charge is 2.12. The van der Waals surface area contributed by atoms with Gasteiger partial charge in [-0.15, -0.1) is 0 Å². The Morgan fingerprint density at radius 2 is 1.50 bits per heavy atom. The fourth-order valence-electron chi connectivity index (χ4n) is 2.06. The molecule has 0 aliphatic carbocycles. The maximum Gasteiger partial charge on any atom is 0.193 e. The molecule has 4 nitrogen and oxygen atoms in total. The van der Waals surface area contributed by atoms with E-state index in [-0.39, 0.29) is 5.78 Å². The van der Waals surface area contributed by atoms with E-state index in [2.05, 4.69) is 0 Å². The van der Waals surface area contributed by atoms with E-state index in [1.54, 1.807) is 44.6 Å². The van der Waals surface area contributed by atoms with Gasteiger partial charge in [0.05, 0.1) is 19.9 Å². The molecule has 0 fully saturated rings. The van der Waals surface area contributed by atoms with Crippen LogP contribution in [0.15, 0.2) is 36.4 Å². The minimum atomic E-state index is -0.0786. The summed E-state index contributed by atoms with van der Waals surface area (Å²) in [5, 5.41) is 0. The van der Waals surface area contributed by atoms with Gasteiger partial charge in [-0.05, 0) is 48.9 Å². The summed E-state index contributed by atoms with van der Waals surface area (Å²) in [5.41, 5.74) is 8.33. The minimum Gasteiger partial charge on any atom is -0.496 e. The number of nitrogen functional groups attached to an aromatic ring is 1. The lowest BCUT2D eigenvalue weighted by molar-refractivity contribution is 0.103. The number of methoxy groups -OCH3 is 2. The summed E-state index contributed by atoms with van der Waals surface area (Å²) in [6.45, 7) is 1.90. The van der Waals surface area contributed by atoms with E-state index in [0.29, 0.717) is 22.6 Å². The third kappa shape index (κ3) is 2.59. The van der Waals surface area contributed by atoms with Gasteiger partial charge in [0.1, 0.15) is 11.5 Å². The molecule has 4 heteroatoms. The molecule has 0 heterocycles. The van der Waals surface area contributed by atoms with Crippen molar-refractivity contribution in [1.29, 1.82) is 0 Å². The first-order valence-corrected chi connectivity index (χ1v) is 6.19. The Hall–Kier alpha value is -2.49. The molecule has 0 amide bonds.